The maximum absolute atomic E-state index is 10.6. The number of anilines is 1. The highest BCUT2D eigenvalue weighted by Crippen LogP contribution is 2.01. The van der Waals surface area contributed by atoms with Crippen molar-refractivity contribution in [1.29, 1.82) is 0 Å². The summed E-state index contributed by atoms with van der Waals surface area (Å²) in [7, 11) is 0. The van der Waals surface area contributed by atoms with E-state index in [0.29, 0.717) is 0 Å². The summed E-state index contributed by atoms with van der Waals surface area (Å²) in [4.78, 5) is 18.0. The zero-order valence-electron chi connectivity index (χ0n) is 7.71. The Balaban J connectivity index is 2.83. The minimum absolute atomic E-state index is 0.0758. The summed E-state index contributed by atoms with van der Waals surface area (Å²) in [5.74, 6) is 1.18. The number of aliphatic hydroxyl groups is 1. The van der Waals surface area contributed by atoms with E-state index < -0.39 is 12.0 Å². The topological polar surface area (TPSA) is 95.3 Å². The van der Waals surface area contributed by atoms with Gasteiger partial charge in [-0.3, -0.25) is 0 Å². The van der Waals surface area contributed by atoms with Crippen LogP contribution >= 0.6 is 0 Å². The van der Waals surface area contributed by atoms with Crippen LogP contribution in [0.2, 0.25) is 0 Å². The molecule has 0 bridgehead atoms. The van der Waals surface area contributed by atoms with Crippen LogP contribution in [0.25, 0.3) is 0 Å². The van der Waals surface area contributed by atoms with E-state index in [1.54, 1.807) is 0 Å². The molecule has 0 aliphatic rings. The van der Waals surface area contributed by atoms with Gasteiger partial charge in [0.15, 0.2) is 5.69 Å². The summed E-state index contributed by atoms with van der Waals surface area (Å²) in [5, 5.41) is 20.0. The number of rotatable bonds is 4. The molecule has 78 valence electrons. The maximum Gasteiger partial charge on any atom is 0.354 e. The van der Waals surface area contributed by atoms with Gasteiger partial charge >= 0.3 is 5.97 Å². The molecule has 6 heteroatoms. The largest absolute Gasteiger partial charge is 0.477 e. The van der Waals surface area contributed by atoms with Gasteiger partial charge in [-0.15, -0.1) is 6.42 Å². The number of hydrogen-bond donors (Lipinski definition) is 3. The SMILES string of the molecule is C#CC(CO)Nc1nccc(C(=O)O)n1. The highest BCUT2D eigenvalue weighted by Gasteiger charge is 2.08. The Kier molecular flexibility index (Phi) is 3.60. The average Bonchev–Trinajstić information content (AvgIpc) is 2.26. The minimum Gasteiger partial charge on any atom is -0.477 e. The van der Waals surface area contributed by atoms with Crippen molar-refractivity contribution in [3.05, 3.63) is 18.0 Å². The van der Waals surface area contributed by atoms with Crippen LogP contribution in [0.3, 0.4) is 0 Å². The third kappa shape index (κ3) is 2.93. The number of aliphatic hydroxyl groups excluding tert-OH is 1. The first-order chi connectivity index (χ1) is 7.17. The molecule has 3 N–H and O–H groups in total. The van der Waals surface area contributed by atoms with E-state index >= 15 is 0 Å². The van der Waals surface area contributed by atoms with Gasteiger partial charge in [-0.1, -0.05) is 5.92 Å². The lowest BCUT2D eigenvalue weighted by molar-refractivity contribution is 0.0690. The van der Waals surface area contributed by atoms with Crippen LogP contribution < -0.4 is 5.32 Å². The van der Waals surface area contributed by atoms with Crippen LogP contribution in [0.1, 0.15) is 10.5 Å². The number of nitrogens with one attached hydrogen (secondary N) is 1. The number of carbonyl (C=O) groups is 1. The van der Waals surface area contributed by atoms with E-state index in [0.717, 1.165) is 0 Å². The van der Waals surface area contributed by atoms with E-state index in [1.807, 2.05) is 0 Å². The molecule has 0 spiro atoms. The van der Waals surface area contributed by atoms with Gasteiger partial charge in [-0.05, 0) is 6.07 Å². The zero-order valence-corrected chi connectivity index (χ0v) is 7.71. The molecule has 1 rings (SSSR count). The van der Waals surface area contributed by atoms with Crippen molar-refractivity contribution in [2.75, 3.05) is 11.9 Å². The minimum atomic E-state index is -1.15. The van der Waals surface area contributed by atoms with E-state index in [-0.39, 0.29) is 18.2 Å². The molecule has 1 heterocycles. The standard InChI is InChI=1S/C9H9N3O3/c1-2-6(5-13)11-9-10-4-3-7(12-9)8(14)15/h1,3-4,6,13H,5H2,(H,14,15)(H,10,11,12). The second-order valence-electron chi connectivity index (χ2n) is 2.62. The van der Waals surface area contributed by atoms with Crippen molar-refractivity contribution in [1.82, 2.24) is 9.97 Å². The molecule has 0 radical (unpaired) electrons. The van der Waals surface area contributed by atoms with Gasteiger partial charge < -0.3 is 15.5 Å². The summed E-state index contributed by atoms with van der Waals surface area (Å²) in [6.45, 7) is -0.281. The van der Waals surface area contributed by atoms with Crippen LogP contribution in [-0.4, -0.2) is 38.8 Å². The quantitative estimate of drug-likeness (QED) is 0.580. The number of terminal acetylenes is 1. The van der Waals surface area contributed by atoms with E-state index in [9.17, 15) is 4.79 Å². The Morgan fingerprint density at radius 3 is 3.00 bits per heavy atom. The van der Waals surface area contributed by atoms with E-state index in [4.69, 9.17) is 16.6 Å². The molecule has 6 nitrogen and oxygen atoms in total. The van der Waals surface area contributed by atoms with Crippen LogP contribution in [0.4, 0.5) is 5.95 Å². The molecule has 0 aliphatic carbocycles. The van der Waals surface area contributed by atoms with Crippen molar-refractivity contribution in [2.45, 2.75) is 6.04 Å². The van der Waals surface area contributed by atoms with Crippen molar-refractivity contribution >= 4 is 11.9 Å². The van der Waals surface area contributed by atoms with Crippen molar-refractivity contribution in [3.8, 4) is 12.3 Å². The van der Waals surface area contributed by atoms with Gasteiger partial charge in [0.05, 0.1) is 6.61 Å². The molecular weight excluding hydrogens is 198 g/mol. The van der Waals surface area contributed by atoms with Gasteiger partial charge in [-0.2, -0.15) is 0 Å². The summed E-state index contributed by atoms with van der Waals surface area (Å²) in [6, 6.07) is 0.631. The normalized spacial score (nSPS) is 11.5. The number of carboxylic acid groups (broad SMARTS) is 1. The Hall–Kier alpha value is -2.13. The molecule has 1 atom stereocenters. The highest BCUT2D eigenvalue weighted by molar-refractivity contribution is 5.85. The van der Waals surface area contributed by atoms with Gasteiger partial charge in [0.25, 0.3) is 0 Å². The Labute approximate surface area is 86.0 Å². The average molecular weight is 207 g/mol. The molecule has 1 unspecified atom stereocenters. The number of carboxylic acids is 1. The van der Waals surface area contributed by atoms with Gasteiger partial charge in [0.1, 0.15) is 6.04 Å². The maximum atomic E-state index is 10.6. The lowest BCUT2D eigenvalue weighted by atomic mass is 10.3. The van der Waals surface area contributed by atoms with Gasteiger partial charge in [0.2, 0.25) is 5.95 Å². The molecule has 0 amide bonds. The number of hydrogen-bond acceptors (Lipinski definition) is 5. The van der Waals surface area contributed by atoms with Crippen molar-refractivity contribution in [2.24, 2.45) is 0 Å². The molecule has 0 aromatic carbocycles. The smallest absolute Gasteiger partial charge is 0.354 e. The molecular formula is C9H9N3O3. The number of aromatic nitrogens is 2. The van der Waals surface area contributed by atoms with E-state index in [2.05, 4.69) is 21.2 Å². The van der Waals surface area contributed by atoms with Gasteiger partial charge in [0, 0.05) is 6.20 Å². The summed E-state index contributed by atoms with van der Waals surface area (Å²) < 4.78 is 0. The van der Waals surface area contributed by atoms with Crippen LogP contribution in [0.5, 0.6) is 0 Å². The molecule has 1 aromatic rings. The van der Waals surface area contributed by atoms with Crippen molar-refractivity contribution < 1.29 is 15.0 Å². The molecule has 1 aromatic heterocycles. The molecule has 0 saturated heterocycles. The first-order valence-electron chi connectivity index (χ1n) is 4.07. The Morgan fingerprint density at radius 2 is 2.47 bits per heavy atom. The molecule has 0 saturated carbocycles. The fourth-order valence-electron chi connectivity index (χ4n) is 0.843. The summed E-state index contributed by atoms with van der Waals surface area (Å²) in [5.41, 5.74) is -0.138. The Bertz CT molecular complexity index is 400. The number of nitrogens with zero attached hydrogens (tertiary/aromatic N) is 2. The predicted molar refractivity (Wildman–Crippen MR) is 52.3 cm³/mol. The van der Waals surface area contributed by atoms with Crippen LogP contribution in [0.15, 0.2) is 12.3 Å². The third-order valence-electron chi connectivity index (χ3n) is 1.56. The number of aromatic carboxylic acids is 1. The fourth-order valence-corrected chi connectivity index (χ4v) is 0.843. The second-order valence-corrected chi connectivity index (χ2v) is 2.62. The second kappa shape index (κ2) is 4.93. The predicted octanol–water partition coefficient (Wildman–Crippen LogP) is -0.419. The first kappa shape index (κ1) is 10.9. The summed E-state index contributed by atoms with van der Waals surface area (Å²) in [6.07, 6.45) is 6.38. The Morgan fingerprint density at radius 1 is 1.73 bits per heavy atom. The molecule has 15 heavy (non-hydrogen) atoms. The first-order valence-corrected chi connectivity index (χ1v) is 4.07. The summed E-state index contributed by atoms with van der Waals surface area (Å²) >= 11 is 0. The third-order valence-corrected chi connectivity index (χ3v) is 1.56. The highest BCUT2D eigenvalue weighted by atomic mass is 16.4. The van der Waals surface area contributed by atoms with Crippen LogP contribution in [0, 0.1) is 12.3 Å². The fraction of sp³-hybridized carbons (Fsp3) is 0.222. The van der Waals surface area contributed by atoms with E-state index in [1.165, 1.54) is 12.3 Å². The van der Waals surface area contributed by atoms with Crippen LogP contribution in [-0.2, 0) is 0 Å². The van der Waals surface area contributed by atoms with Gasteiger partial charge in [-0.25, -0.2) is 14.8 Å². The zero-order chi connectivity index (χ0) is 11.3. The lowest BCUT2D eigenvalue weighted by Crippen LogP contribution is -2.23. The lowest BCUT2D eigenvalue weighted by Gasteiger charge is -2.09. The van der Waals surface area contributed by atoms with Crippen molar-refractivity contribution in [3.63, 3.8) is 0 Å². The monoisotopic (exact) mass is 207 g/mol. The molecule has 0 aliphatic heterocycles. The molecule has 0 fully saturated rings.